The molecule has 5 heteroatoms. The fourth-order valence-electron chi connectivity index (χ4n) is 2.46. The fraction of sp³-hybridized carbons (Fsp3) is 0.0455. The van der Waals surface area contributed by atoms with E-state index in [1.807, 2.05) is 48.5 Å². The smallest absolute Gasteiger partial charge is 0.119 e. The Morgan fingerprint density at radius 2 is 1.67 bits per heavy atom. The molecule has 0 amide bonds. The molecule has 3 aromatic rings. The molecule has 0 heterocycles. The molecule has 2 nitrogen and oxygen atoms in total. The first-order chi connectivity index (χ1) is 13.0. The molecule has 0 N–H and O–H groups in total. The fourth-order valence-corrected chi connectivity index (χ4v) is 3.12. The van der Waals surface area contributed by atoms with Crippen LogP contribution in [0.15, 0.2) is 66.7 Å². The van der Waals surface area contributed by atoms with Crippen molar-refractivity contribution in [2.24, 2.45) is 0 Å². The van der Waals surface area contributed by atoms with Crippen LogP contribution in [0.2, 0.25) is 15.1 Å². The Labute approximate surface area is 173 Å². The average Bonchev–Trinajstić information content (AvgIpc) is 2.66. The molecule has 0 aromatic heterocycles. The third-order valence-corrected chi connectivity index (χ3v) is 4.68. The predicted molar refractivity (Wildman–Crippen MR) is 112 cm³/mol. The molecule has 0 unspecified atom stereocenters. The van der Waals surface area contributed by atoms with Gasteiger partial charge in [-0.3, -0.25) is 0 Å². The summed E-state index contributed by atoms with van der Waals surface area (Å²) >= 11 is 18.1. The first kappa shape index (κ1) is 19.3. The van der Waals surface area contributed by atoms with Gasteiger partial charge in [-0.2, -0.15) is 5.26 Å². The maximum Gasteiger partial charge on any atom is 0.119 e. The minimum absolute atomic E-state index is 0.344. The third-order valence-electron chi connectivity index (χ3n) is 3.86. The van der Waals surface area contributed by atoms with E-state index in [1.54, 1.807) is 24.3 Å². The normalized spacial score (nSPS) is 11.1. The summed E-state index contributed by atoms with van der Waals surface area (Å²) in [7, 11) is 0. The summed E-state index contributed by atoms with van der Waals surface area (Å²) in [5.41, 5.74) is 3.07. The summed E-state index contributed by atoms with van der Waals surface area (Å²) in [5, 5.41) is 11.2. The number of nitrogens with zero attached hydrogens (tertiary/aromatic N) is 1. The van der Waals surface area contributed by atoms with Crippen LogP contribution in [0.25, 0.3) is 11.6 Å². The van der Waals surface area contributed by atoms with Crippen molar-refractivity contribution in [1.29, 1.82) is 5.26 Å². The molecule has 0 aliphatic rings. The number of ether oxygens (including phenoxy) is 1. The van der Waals surface area contributed by atoms with E-state index in [0.29, 0.717) is 33.0 Å². The van der Waals surface area contributed by atoms with E-state index >= 15 is 0 Å². The zero-order chi connectivity index (χ0) is 19.2. The van der Waals surface area contributed by atoms with Gasteiger partial charge in [0.25, 0.3) is 0 Å². The molecule has 0 spiro atoms. The molecule has 0 aliphatic heterocycles. The molecular formula is C22H14Cl3NO. The van der Waals surface area contributed by atoms with Gasteiger partial charge < -0.3 is 4.74 Å². The van der Waals surface area contributed by atoms with Gasteiger partial charge in [-0.25, -0.2) is 0 Å². The summed E-state index contributed by atoms with van der Waals surface area (Å²) < 4.78 is 5.77. The summed E-state index contributed by atoms with van der Waals surface area (Å²) in [4.78, 5) is 0. The van der Waals surface area contributed by atoms with Gasteiger partial charge in [0.1, 0.15) is 12.4 Å². The molecule has 0 radical (unpaired) electrons. The first-order valence-corrected chi connectivity index (χ1v) is 9.23. The number of hydrogen-bond acceptors (Lipinski definition) is 2. The van der Waals surface area contributed by atoms with Crippen LogP contribution in [0.3, 0.4) is 0 Å². The van der Waals surface area contributed by atoms with Crippen molar-refractivity contribution in [2.45, 2.75) is 6.61 Å². The van der Waals surface area contributed by atoms with Gasteiger partial charge in [0, 0.05) is 20.6 Å². The quantitative estimate of drug-likeness (QED) is 0.324. The number of nitriles is 1. The Hall–Kier alpha value is -2.44. The van der Waals surface area contributed by atoms with Crippen molar-refractivity contribution in [1.82, 2.24) is 0 Å². The SMILES string of the molecule is N#C/C(=C/c1ccc(OCc2ccc(Cl)cc2Cl)cc1)c1cccc(Cl)c1. The second-order valence-electron chi connectivity index (χ2n) is 5.77. The minimum atomic E-state index is 0.344. The molecule has 0 saturated carbocycles. The minimum Gasteiger partial charge on any atom is -0.489 e. The highest BCUT2D eigenvalue weighted by Gasteiger charge is 2.04. The predicted octanol–water partition coefficient (Wildman–Crippen LogP) is 7.29. The lowest BCUT2D eigenvalue weighted by Gasteiger charge is -2.08. The molecule has 0 saturated heterocycles. The van der Waals surface area contributed by atoms with Gasteiger partial charge in [0.05, 0.1) is 11.6 Å². The standard InChI is InChI=1S/C22H14Cl3NO/c23-19-3-1-2-16(11-19)18(13-26)10-15-4-8-21(9-5-15)27-14-17-6-7-20(24)12-22(17)25/h1-12H,14H2/b18-10-. The second kappa shape index (κ2) is 8.97. The molecule has 0 atom stereocenters. The molecular weight excluding hydrogens is 401 g/mol. The van der Waals surface area contributed by atoms with Crippen molar-refractivity contribution < 1.29 is 4.74 Å². The first-order valence-electron chi connectivity index (χ1n) is 8.10. The average molecular weight is 415 g/mol. The molecule has 27 heavy (non-hydrogen) atoms. The lowest BCUT2D eigenvalue weighted by Crippen LogP contribution is -1.96. The summed E-state index contributed by atoms with van der Waals surface area (Å²) in [6.45, 7) is 0.344. The van der Waals surface area contributed by atoms with E-state index in [4.69, 9.17) is 39.5 Å². The Morgan fingerprint density at radius 3 is 2.33 bits per heavy atom. The van der Waals surface area contributed by atoms with Gasteiger partial charge in [-0.05, 0) is 53.6 Å². The zero-order valence-electron chi connectivity index (χ0n) is 14.1. The molecule has 0 aliphatic carbocycles. The van der Waals surface area contributed by atoms with Crippen LogP contribution in [0.1, 0.15) is 16.7 Å². The molecule has 3 aromatic carbocycles. The van der Waals surface area contributed by atoms with Gasteiger partial charge in [0.15, 0.2) is 0 Å². The highest BCUT2D eigenvalue weighted by Crippen LogP contribution is 2.24. The van der Waals surface area contributed by atoms with Crippen LogP contribution in [0, 0.1) is 11.3 Å². The van der Waals surface area contributed by atoms with Crippen LogP contribution in [0.4, 0.5) is 0 Å². The summed E-state index contributed by atoms with van der Waals surface area (Å²) in [6.07, 6.45) is 1.81. The van der Waals surface area contributed by atoms with Crippen LogP contribution in [-0.2, 0) is 6.61 Å². The molecule has 0 bridgehead atoms. The lowest BCUT2D eigenvalue weighted by molar-refractivity contribution is 0.306. The van der Waals surface area contributed by atoms with E-state index in [2.05, 4.69) is 6.07 Å². The van der Waals surface area contributed by atoms with Crippen LogP contribution in [0.5, 0.6) is 5.75 Å². The molecule has 3 rings (SSSR count). The van der Waals surface area contributed by atoms with E-state index in [9.17, 15) is 5.26 Å². The maximum absolute atomic E-state index is 9.43. The number of benzene rings is 3. The Balaban J connectivity index is 1.72. The van der Waals surface area contributed by atoms with Crippen molar-refractivity contribution in [3.63, 3.8) is 0 Å². The van der Waals surface area contributed by atoms with Gasteiger partial charge in [0.2, 0.25) is 0 Å². The van der Waals surface area contributed by atoms with E-state index in [1.165, 1.54) is 0 Å². The molecule has 134 valence electrons. The van der Waals surface area contributed by atoms with E-state index < -0.39 is 0 Å². The van der Waals surface area contributed by atoms with E-state index in [-0.39, 0.29) is 0 Å². The van der Waals surface area contributed by atoms with Gasteiger partial charge in [-0.15, -0.1) is 0 Å². The Kier molecular flexibility index (Phi) is 6.42. The highest BCUT2D eigenvalue weighted by molar-refractivity contribution is 6.35. The van der Waals surface area contributed by atoms with Crippen LogP contribution < -0.4 is 4.74 Å². The largest absolute Gasteiger partial charge is 0.489 e. The van der Waals surface area contributed by atoms with Gasteiger partial charge in [-0.1, -0.05) is 65.1 Å². The van der Waals surface area contributed by atoms with Crippen molar-refractivity contribution in [3.05, 3.63) is 98.5 Å². The van der Waals surface area contributed by atoms with E-state index in [0.717, 1.165) is 16.7 Å². The molecule has 0 fully saturated rings. The maximum atomic E-state index is 9.43. The Bertz CT molecular complexity index is 1020. The number of halogens is 3. The van der Waals surface area contributed by atoms with Crippen molar-refractivity contribution in [3.8, 4) is 11.8 Å². The van der Waals surface area contributed by atoms with Gasteiger partial charge >= 0.3 is 0 Å². The number of allylic oxidation sites excluding steroid dienone is 1. The lowest BCUT2D eigenvalue weighted by atomic mass is 10.0. The topological polar surface area (TPSA) is 33.0 Å². The highest BCUT2D eigenvalue weighted by atomic mass is 35.5. The van der Waals surface area contributed by atoms with Crippen molar-refractivity contribution in [2.75, 3.05) is 0 Å². The number of rotatable bonds is 5. The zero-order valence-corrected chi connectivity index (χ0v) is 16.4. The van der Waals surface area contributed by atoms with Crippen molar-refractivity contribution >= 4 is 46.5 Å². The second-order valence-corrected chi connectivity index (χ2v) is 7.05. The van der Waals surface area contributed by atoms with Crippen LogP contribution >= 0.6 is 34.8 Å². The van der Waals surface area contributed by atoms with Crippen LogP contribution in [-0.4, -0.2) is 0 Å². The monoisotopic (exact) mass is 413 g/mol. The third kappa shape index (κ3) is 5.28. The Morgan fingerprint density at radius 1 is 0.926 bits per heavy atom. The summed E-state index contributed by atoms with van der Waals surface area (Å²) in [5.74, 6) is 0.708. The summed E-state index contributed by atoms with van der Waals surface area (Å²) in [6, 6.07) is 22.2. The number of hydrogen-bond donors (Lipinski definition) is 0.